The highest BCUT2D eigenvalue weighted by Crippen LogP contribution is 2.18. The molecule has 0 unspecified atom stereocenters. The smallest absolute Gasteiger partial charge is 0.128 e. The van der Waals surface area contributed by atoms with E-state index >= 15 is 0 Å². The van der Waals surface area contributed by atoms with Gasteiger partial charge in [0.2, 0.25) is 0 Å². The average molecular weight is 306 g/mol. The van der Waals surface area contributed by atoms with Crippen molar-refractivity contribution in [2.24, 2.45) is 0 Å². The molecule has 1 aromatic carbocycles. The van der Waals surface area contributed by atoms with Gasteiger partial charge in [0.05, 0.1) is 11.6 Å². The number of piperidine rings is 1. The summed E-state index contributed by atoms with van der Waals surface area (Å²) < 4.78 is 0. The molecular formula is C19H22N4. The number of nitrogens with zero attached hydrogens (tertiary/aromatic N) is 3. The lowest BCUT2D eigenvalue weighted by Gasteiger charge is -2.27. The van der Waals surface area contributed by atoms with Gasteiger partial charge in [0, 0.05) is 32.4 Å². The van der Waals surface area contributed by atoms with Crippen LogP contribution in [0.15, 0.2) is 42.6 Å². The van der Waals surface area contributed by atoms with Gasteiger partial charge in [-0.25, -0.2) is 4.98 Å². The zero-order valence-corrected chi connectivity index (χ0v) is 13.3. The maximum absolute atomic E-state index is 8.94. The average Bonchev–Trinajstić information content (AvgIpc) is 2.63. The van der Waals surface area contributed by atoms with E-state index in [0.29, 0.717) is 5.56 Å². The van der Waals surface area contributed by atoms with Gasteiger partial charge in [0.25, 0.3) is 0 Å². The molecule has 4 heteroatoms. The van der Waals surface area contributed by atoms with Crippen LogP contribution < -0.4 is 10.2 Å². The molecule has 1 N–H and O–H groups in total. The van der Waals surface area contributed by atoms with Gasteiger partial charge in [0.15, 0.2) is 0 Å². The van der Waals surface area contributed by atoms with E-state index in [1.54, 1.807) is 0 Å². The highest BCUT2D eigenvalue weighted by molar-refractivity contribution is 5.41. The number of benzene rings is 1. The fourth-order valence-corrected chi connectivity index (χ4v) is 2.97. The van der Waals surface area contributed by atoms with Gasteiger partial charge >= 0.3 is 0 Å². The van der Waals surface area contributed by atoms with Crippen LogP contribution in [0.25, 0.3) is 0 Å². The van der Waals surface area contributed by atoms with Crippen molar-refractivity contribution in [1.29, 1.82) is 5.26 Å². The topological polar surface area (TPSA) is 52.0 Å². The number of hydrogen-bond donors (Lipinski definition) is 1. The van der Waals surface area contributed by atoms with Crippen LogP contribution in [0.3, 0.4) is 0 Å². The summed E-state index contributed by atoms with van der Waals surface area (Å²) in [5.74, 6) is 1.09. The minimum atomic E-state index is 0.709. The Kier molecular flexibility index (Phi) is 5.23. The highest BCUT2D eigenvalue weighted by Gasteiger charge is 2.12. The molecule has 1 aliphatic rings. The van der Waals surface area contributed by atoms with Crippen LogP contribution in [-0.4, -0.2) is 18.1 Å². The molecule has 0 atom stereocenters. The SMILES string of the molecule is N#Cc1cccc(CNCc2ccnc(N3CCCCC3)c2)c1. The lowest BCUT2D eigenvalue weighted by molar-refractivity contribution is 0.573. The van der Waals surface area contributed by atoms with E-state index < -0.39 is 0 Å². The largest absolute Gasteiger partial charge is 0.357 e. The molecule has 3 rings (SSSR count). The van der Waals surface area contributed by atoms with Crippen LogP contribution in [0.5, 0.6) is 0 Å². The number of pyridine rings is 1. The molecule has 0 bridgehead atoms. The molecule has 1 aliphatic heterocycles. The van der Waals surface area contributed by atoms with Gasteiger partial charge < -0.3 is 10.2 Å². The second kappa shape index (κ2) is 7.75. The summed E-state index contributed by atoms with van der Waals surface area (Å²) in [5, 5.41) is 12.4. The number of rotatable bonds is 5. The molecule has 2 heterocycles. The Hall–Kier alpha value is -2.38. The maximum atomic E-state index is 8.94. The Morgan fingerprint density at radius 2 is 1.83 bits per heavy atom. The zero-order chi connectivity index (χ0) is 15.9. The van der Waals surface area contributed by atoms with E-state index in [4.69, 9.17) is 5.26 Å². The third kappa shape index (κ3) is 4.30. The second-order valence-electron chi connectivity index (χ2n) is 5.99. The second-order valence-corrected chi connectivity index (χ2v) is 5.99. The van der Waals surface area contributed by atoms with Crippen molar-refractivity contribution in [3.05, 3.63) is 59.3 Å². The fraction of sp³-hybridized carbons (Fsp3) is 0.368. The summed E-state index contributed by atoms with van der Waals surface area (Å²) in [6.07, 6.45) is 5.76. The molecule has 1 fully saturated rings. The lowest BCUT2D eigenvalue weighted by atomic mass is 10.1. The van der Waals surface area contributed by atoms with Crippen LogP contribution in [0.4, 0.5) is 5.82 Å². The molecule has 23 heavy (non-hydrogen) atoms. The predicted molar refractivity (Wildman–Crippen MR) is 92.0 cm³/mol. The first kappa shape index (κ1) is 15.5. The molecule has 1 aromatic heterocycles. The van der Waals surface area contributed by atoms with Crippen molar-refractivity contribution in [2.75, 3.05) is 18.0 Å². The van der Waals surface area contributed by atoms with E-state index in [1.807, 2.05) is 30.5 Å². The van der Waals surface area contributed by atoms with Gasteiger partial charge in [-0.3, -0.25) is 0 Å². The lowest BCUT2D eigenvalue weighted by Crippen LogP contribution is -2.30. The van der Waals surface area contributed by atoms with E-state index in [2.05, 4.69) is 33.4 Å². The van der Waals surface area contributed by atoms with Gasteiger partial charge in [0.1, 0.15) is 5.82 Å². The molecule has 118 valence electrons. The van der Waals surface area contributed by atoms with Crippen molar-refractivity contribution >= 4 is 5.82 Å². The number of aromatic nitrogens is 1. The molecule has 0 aliphatic carbocycles. The number of nitriles is 1. The van der Waals surface area contributed by atoms with Crippen LogP contribution in [-0.2, 0) is 13.1 Å². The third-order valence-corrected chi connectivity index (χ3v) is 4.20. The molecule has 2 aromatic rings. The van der Waals surface area contributed by atoms with Gasteiger partial charge in [-0.15, -0.1) is 0 Å². The third-order valence-electron chi connectivity index (χ3n) is 4.20. The predicted octanol–water partition coefficient (Wildman–Crippen LogP) is 3.23. The van der Waals surface area contributed by atoms with Gasteiger partial charge in [-0.2, -0.15) is 5.26 Å². The molecular weight excluding hydrogens is 284 g/mol. The molecule has 4 nitrogen and oxygen atoms in total. The Morgan fingerprint density at radius 1 is 1.04 bits per heavy atom. The standard InChI is InChI=1S/C19H22N4/c20-13-16-5-4-6-17(11-16)14-21-15-18-7-8-22-19(12-18)23-9-2-1-3-10-23/h4-8,11-12,21H,1-3,9-10,14-15H2. The zero-order valence-electron chi connectivity index (χ0n) is 13.3. The highest BCUT2D eigenvalue weighted by atomic mass is 15.2. The summed E-state index contributed by atoms with van der Waals surface area (Å²) in [5.41, 5.74) is 3.09. The van der Waals surface area contributed by atoms with Gasteiger partial charge in [-0.05, 0) is 54.7 Å². The molecule has 1 saturated heterocycles. The Bertz CT molecular complexity index is 684. The Morgan fingerprint density at radius 3 is 2.61 bits per heavy atom. The first-order chi connectivity index (χ1) is 11.3. The van der Waals surface area contributed by atoms with Crippen molar-refractivity contribution in [3.8, 4) is 6.07 Å². The number of hydrogen-bond acceptors (Lipinski definition) is 4. The van der Waals surface area contributed by atoms with Crippen molar-refractivity contribution in [1.82, 2.24) is 10.3 Å². The van der Waals surface area contributed by atoms with Crippen LogP contribution in [0.2, 0.25) is 0 Å². The first-order valence-corrected chi connectivity index (χ1v) is 8.25. The number of anilines is 1. The normalized spacial score (nSPS) is 14.5. The molecule has 0 spiro atoms. The quantitative estimate of drug-likeness (QED) is 0.921. The summed E-state index contributed by atoms with van der Waals surface area (Å²) in [6, 6.07) is 14.2. The minimum Gasteiger partial charge on any atom is -0.357 e. The molecule has 0 saturated carbocycles. The van der Waals surface area contributed by atoms with Crippen LogP contribution in [0.1, 0.15) is 36.0 Å². The van der Waals surface area contributed by atoms with Crippen molar-refractivity contribution < 1.29 is 0 Å². The maximum Gasteiger partial charge on any atom is 0.128 e. The monoisotopic (exact) mass is 306 g/mol. The fourth-order valence-electron chi connectivity index (χ4n) is 2.97. The molecule has 0 radical (unpaired) electrons. The summed E-state index contributed by atoms with van der Waals surface area (Å²) in [6.45, 7) is 3.80. The van der Waals surface area contributed by atoms with Crippen LogP contribution >= 0.6 is 0 Å². The summed E-state index contributed by atoms with van der Waals surface area (Å²) in [7, 11) is 0. The van der Waals surface area contributed by atoms with E-state index in [1.165, 1.54) is 24.8 Å². The summed E-state index contributed by atoms with van der Waals surface area (Å²) >= 11 is 0. The Balaban J connectivity index is 1.56. The Labute approximate surface area is 137 Å². The van der Waals surface area contributed by atoms with E-state index in [0.717, 1.165) is 37.6 Å². The van der Waals surface area contributed by atoms with Crippen molar-refractivity contribution in [2.45, 2.75) is 32.4 Å². The van der Waals surface area contributed by atoms with E-state index in [-0.39, 0.29) is 0 Å². The summed E-state index contributed by atoms with van der Waals surface area (Å²) in [4.78, 5) is 6.89. The van der Waals surface area contributed by atoms with Crippen molar-refractivity contribution in [3.63, 3.8) is 0 Å². The molecule has 0 amide bonds. The number of nitrogens with one attached hydrogen (secondary N) is 1. The first-order valence-electron chi connectivity index (χ1n) is 8.25. The van der Waals surface area contributed by atoms with Crippen LogP contribution in [0, 0.1) is 11.3 Å². The van der Waals surface area contributed by atoms with Gasteiger partial charge in [-0.1, -0.05) is 12.1 Å². The minimum absolute atomic E-state index is 0.709. The van der Waals surface area contributed by atoms with E-state index in [9.17, 15) is 0 Å².